The van der Waals surface area contributed by atoms with Gasteiger partial charge in [0.2, 0.25) is 5.89 Å². The molecule has 2 N–H and O–H groups in total. The van der Waals surface area contributed by atoms with Gasteiger partial charge in [0.1, 0.15) is 5.75 Å². The Kier molecular flexibility index (Phi) is 5.27. The Bertz CT molecular complexity index is 957. The second-order valence-electron chi connectivity index (χ2n) is 6.43. The molecule has 8 nitrogen and oxygen atoms in total. The van der Waals surface area contributed by atoms with E-state index in [0.717, 1.165) is 23.5 Å². The van der Waals surface area contributed by atoms with Gasteiger partial charge in [0.05, 0.1) is 30.2 Å². The van der Waals surface area contributed by atoms with E-state index in [1.165, 1.54) is 18.4 Å². The third-order valence-corrected chi connectivity index (χ3v) is 5.42. The van der Waals surface area contributed by atoms with E-state index in [1.54, 1.807) is 6.07 Å². The fourth-order valence-corrected chi connectivity index (χ4v) is 3.76. The van der Waals surface area contributed by atoms with Crippen LogP contribution in [0.1, 0.15) is 22.7 Å². The van der Waals surface area contributed by atoms with Crippen molar-refractivity contribution in [2.75, 3.05) is 25.1 Å². The molecule has 2 aromatic heterocycles. The lowest BCUT2D eigenvalue weighted by atomic mass is 10.1. The number of benzene rings is 1. The van der Waals surface area contributed by atoms with Crippen LogP contribution in [0.2, 0.25) is 0 Å². The molecule has 4 rings (SSSR count). The molecular weight excluding hydrogens is 380 g/mol. The summed E-state index contributed by atoms with van der Waals surface area (Å²) in [5.41, 5.74) is 1.34. The highest BCUT2D eigenvalue weighted by molar-refractivity contribution is 7.13. The van der Waals surface area contributed by atoms with Crippen LogP contribution in [0.5, 0.6) is 5.75 Å². The lowest BCUT2D eigenvalue weighted by Gasteiger charge is -2.19. The summed E-state index contributed by atoms with van der Waals surface area (Å²) >= 11 is 1.51. The molecule has 1 unspecified atom stereocenters. The zero-order valence-corrected chi connectivity index (χ0v) is 16.1. The number of amides is 1. The summed E-state index contributed by atoms with van der Waals surface area (Å²) in [5, 5.41) is 22.4. The van der Waals surface area contributed by atoms with Crippen LogP contribution in [0.25, 0.3) is 10.8 Å². The van der Waals surface area contributed by atoms with Gasteiger partial charge >= 0.3 is 0 Å². The van der Waals surface area contributed by atoms with E-state index in [2.05, 4.69) is 20.4 Å². The number of aromatic nitrogens is 2. The lowest BCUT2D eigenvalue weighted by Crippen LogP contribution is -2.24. The molecule has 1 saturated heterocycles. The van der Waals surface area contributed by atoms with Gasteiger partial charge in [-0.15, -0.1) is 21.5 Å². The number of hydrogen-bond acceptors (Lipinski definition) is 8. The fourth-order valence-electron chi connectivity index (χ4n) is 3.12. The van der Waals surface area contributed by atoms with Gasteiger partial charge in [-0.1, -0.05) is 6.07 Å². The highest BCUT2D eigenvalue weighted by Crippen LogP contribution is 2.28. The molecule has 9 heteroatoms. The van der Waals surface area contributed by atoms with Crippen LogP contribution in [0.15, 0.2) is 40.1 Å². The van der Waals surface area contributed by atoms with Gasteiger partial charge in [-0.05, 0) is 30.0 Å². The first-order valence-corrected chi connectivity index (χ1v) is 9.77. The minimum Gasteiger partial charge on any atom is -0.496 e. The van der Waals surface area contributed by atoms with Crippen LogP contribution in [0.4, 0.5) is 5.69 Å². The zero-order valence-electron chi connectivity index (χ0n) is 15.3. The summed E-state index contributed by atoms with van der Waals surface area (Å²) < 4.78 is 11.0. The van der Waals surface area contributed by atoms with E-state index in [-0.39, 0.29) is 18.6 Å². The summed E-state index contributed by atoms with van der Waals surface area (Å²) in [5.74, 6) is 0.953. The third-order valence-electron chi connectivity index (χ3n) is 4.56. The molecule has 0 saturated carbocycles. The minimum atomic E-state index is -0.317. The van der Waals surface area contributed by atoms with Crippen LogP contribution in [0.3, 0.4) is 0 Å². The minimum absolute atomic E-state index is 0.125. The van der Waals surface area contributed by atoms with Crippen LogP contribution in [-0.2, 0) is 6.54 Å². The summed E-state index contributed by atoms with van der Waals surface area (Å²) in [4.78, 5) is 15.5. The van der Waals surface area contributed by atoms with E-state index in [4.69, 9.17) is 9.15 Å². The van der Waals surface area contributed by atoms with E-state index in [9.17, 15) is 9.90 Å². The molecular formula is C19H20N4O4S. The number of methoxy groups -OCH3 is 1. The van der Waals surface area contributed by atoms with Crippen LogP contribution < -0.4 is 15.0 Å². The smallest absolute Gasteiger partial charge is 0.257 e. The van der Waals surface area contributed by atoms with Crippen molar-refractivity contribution in [1.82, 2.24) is 15.5 Å². The average Bonchev–Trinajstić information content (AvgIpc) is 3.46. The van der Waals surface area contributed by atoms with Gasteiger partial charge in [0, 0.05) is 24.8 Å². The summed E-state index contributed by atoms with van der Waals surface area (Å²) in [6.45, 7) is 1.48. The SMILES string of the molecule is COc1cc(N2CCC(O)C2)ccc1C(=O)NCc1nnc(-c2cccs2)o1. The van der Waals surface area contributed by atoms with Crippen molar-refractivity contribution in [3.8, 4) is 16.5 Å². The molecule has 0 aliphatic carbocycles. The van der Waals surface area contributed by atoms with Gasteiger partial charge in [0.25, 0.3) is 11.8 Å². The Morgan fingerprint density at radius 3 is 3.04 bits per heavy atom. The Hall–Kier alpha value is -2.91. The van der Waals surface area contributed by atoms with Crippen molar-refractivity contribution in [2.45, 2.75) is 19.1 Å². The predicted octanol–water partition coefficient (Wildman–Crippen LogP) is 2.31. The maximum atomic E-state index is 12.6. The zero-order chi connectivity index (χ0) is 19.5. The monoisotopic (exact) mass is 400 g/mol. The van der Waals surface area contributed by atoms with E-state index >= 15 is 0 Å². The van der Waals surface area contributed by atoms with Crippen LogP contribution in [-0.4, -0.2) is 47.5 Å². The number of ether oxygens (including phenoxy) is 1. The second kappa shape index (κ2) is 7.99. The van der Waals surface area contributed by atoms with Crippen LogP contribution >= 0.6 is 11.3 Å². The van der Waals surface area contributed by atoms with Gasteiger partial charge in [-0.25, -0.2) is 0 Å². The number of rotatable bonds is 6. The van der Waals surface area contributed by atoms with E-state index < -0.39 is 0 Å². The normalized spacial score (nSPS) is 16.4. The number of nitrogens with one attached hydrogen (secondary N) is 1. The lowest BCUT2D eigenvalue weighted by molar-refractivity contribution is 0.0944. The van der Waals surface area contributed by atoms with Crippen molar-refractivity contribution in [1.29, 1.82) is 0 Å². The summed E-state index contributed by atoms with van der Waals surface area (Å²) in [6.07, 6.45) is 0.421. The predicted molar refractivity (Wildman–Crippen MR) is 105 cm³/mol. The van der Waals surface area contributed by atoms with Gasteiger partial charge < -0.3 is 24.5 Å². The number of nitrogens with zero attached hydrogens (tertiary/aromatic N) is 3. The molecule has 3 aromatic rings. The number of carbonyl (C=O) groups is 1. The number of thiophene rings is 1. The molecule has 0 bridgehead atoms. The highest BCUT2D eigenvalue weighted by Gasteiger charge is 2.22. The summed E-state index contributed by atoms with van der Waals surface area (Å²) in [6, 6.07) is 9.20. The van der Waals surface area contributed by atoms with Crippen molar-refractivity contribution in [3.63, 3.8) is 0 Å². The molecule has 1 aliphatic heterocycles. The number of aliphatic hydroxyl groups is 1. The molecule has 1 aromatic carbocycles. The maximum Gasteiger partial charge on any atom is 0.257 e. The van der Waals surface area contributed by atoms with Crippen LogP contribution in [0, 0.1) is 0 Å². The molecule has 1 atom stereocenters. The first-order chi connectivity index (χ1) is 13.6. The largest absolute Gasteiger partial charge is 0.496 e. The molecule has 0 spiro atoms. The van der Waals surface area contributed by atoms with E-state index in [0.29, 0.717) is 29.6 Å². The summed E-state index contributed by atoms with van der Waals surface area (Å²) in [7, 11) is 1.53. The molecule has 0 radical (unpaired) electrons. The van der Waals surface area contributed by atoms with Crippen molar-refractivity contribution < 1.29 is 19.1 Å². The van der Waals surface area contributed by atoms with E-state index in [1.807, 2.05) is 29.6 Å². The molecule has 1 aliphatic rings. The number of carbonyl (C=O) groups excluding carboxylic acids is 1. The molecule has 146 valence electrons. The first kappa shape index (κ1) is 18.5. The van der Waals surface area contributed by atoms with Crippen molar-refractivity contribution in [3.05, 3.63) is 47.2 Å². The number of anilines is 1. The Labute approximate surface area is 165 Å². The molecule has 3 heterocycles. The highest BCUT2D eigenvalue weighted by atomic mass is 32.1. The maximum absolute atomic E-state index is 12.6. The number of aliphatic hydroxyl groups excluding tert-OH is 1. The number of β-amino-alcohol motifs (C(OH)–C–C–N with tert-alkyl or cyclic N) is 1. The second-order valence-corrected chi connectivity index (χ2v) is 7.38. The van der Waals surface area contributed by atoms with Crippen molar-refractivity contribution in [2.24, 2.45) is 0 Å². The first-order valence-electron chi connectivity index (χ1n) is 8.89. The Morgan fingerprint density at radius 1 is 1.43 bits per heavy atom. The van der Waals surface area contributed by atoms with Gasteiger partial charge in [-0.2, -0.15) is 0 Å². The third kappa shape index (κ3) is 3.85. The molecule has 28 heavy (non-hydrogen) atoms. The quantitative estimate of drug-likeness (QED) is 0.655. The van der Waals surface area contributed by atoms with Gasteiger partial charge in [-0.3, -0.25) is 4.79 Å². The van der Waals surface area contributed by atoms with Crippen molar-refractivity contribution >= 4 is 22.9 Å². The fraction of sp³-hybridized carbons (Fsp3) is 0.316. The average molecular weight is 400 g/mol. The molecule has 1 amide bonds. The standard InChI is InChI=1S/C19H20N4O4S/c1-26-15-9-12(23-7-6-13(24)11-23)4-5-14(15)18(25)20-10-17-21-22-19(27-17)16-3-2-8-28-16/h2-5,8-9,13,24H,6-7,10-11H2,1H3,(H,20,25). The number of hydrogen-bond donors (Lipinski definition) is 2. The Morgan fingerprint density at radius 2 is 2.32 bits per heavy atom. The Balaban J connectivity index is 1.43. The van der Waals surface area contributed by atoms with Gasteiger partial charge in [0.15, 0.2) is 0 Å². The molecule has 1 fully saturated rings. The topological polar surface area (TPSA) is 101 Å².